The van der Waals surface area contributed by atoms with Crippen LogP contribution in [0.3, 0.4) is 0 Å². The summed E-state index contributed by atoms with van der Waals surface area (Å²) in [5.41, 5.74) is 6.99. The SMILES string of the molecule is C/C=C\C=C(\CC)C(C)N. The van der Waals surface area contributed by atoms with Crippen LogP contribution in [0.1, 0.15) is 27.2 Å². The van der Waals surface area contributed by atoms with Crippen LogP contribution in [0.5, 0.6) is 0 Å². The normalized spacial score (nSPS) is 16.2. The van der Waals surface area contributed by atoms with Gasteiger partial charge in [-0.05, 0) is 20.3 Å². The van der Waals surface area contributed by atoms with Crippen molar-refractivity contribution in [1.29, 1.82) is 0 Å². The fourth-order valence-corrected chi connectivity index (χ4v) is 0.811. The summed E-state index contributed by atoms with van der Waals surface area (Å²) in [6.07, 6.45) is 7.17. The average Bonchev–Trinajstić information content (AvgIpc) is 1.89. The van der Waals surface area contributed by atoms with Crippen LogP contribution in [0.4, 0.5) is 0 Å². The number of rotatable bonds is 3. The van der Waals surface area contributed by atoms with Gasteiger partial charge in [0.15, 0.2) is 0 Å². The van der Waals surface area contributed by atoms with Gasteiger partial charge in [-0.1, -0.05) is 30.7 Å². The third kappa shape index (κ3) is 3.46. The highest BCUT2D eigenvalue weighted by Crippen LogP contribution is 2.04. The van der Waals surface area contributed by atoms with Gasteiger partial charge in [-0.3, -0.25) is 0 Å². The largest absolute Gasteiger partial charge is 0.324 e. The first-order valence-corrected chi connectivity index (χ1v) is 3.79. The van der Waals surface area contributed by atoms with Crippen LogP contribution in [-0.4, -0.2) is 6.04 Å². The van der Waals surface area contributed by atoms with E-state index >= 15 is 0 Å². The first-order chi connectivity index (χ1) is 4.72. The van der Waals surface area contributed by atoms with E-state index in [2.05, 4.69) is 13.0 Å². The molecule has 58 valence electrons. The van der Waals surface area contributed by atoms with E-state index in [-0.39, 0.29) is 6.04 Å². The molecule has 0 aliphatic rings. The zero-order valence-corrected chi connectivity index (χ0v) is 7.09. The van der Waals surface area contributed by atoms with Gasteiger partial charge in [0.2, 0.25) is 0 Å². The van der Waals surface area contributed by atoms with Gasteiger partial charge < -0.3 is 5.73 Å². The highest BCUT2D eigenvalue weighted by atomic mass is 14.6. The molecule has 0 aromatic rings. The molecule has 0 radical (unpaired) electrons. The quantitative estimate of drug-likeness (QED) is 0.596. The van der Waals surface area contributed by atoms with E-state index in [1.165, 1.54) is 5.57 Å². The molecule has 10 heavy (non-hydrogen) atoms. The number of allylic oxidation sites excluding steroid dienone is 3. The summed E-state index contributed by atoms with van der Waals surface area (Å²) in [6.45, 7) is 6.14. The second-order valence-electron chi connectivity index (χ2n) is 2.41. The van der Waals surface area contributed by atoms with E-state index in [1.54, 1.807) is 0 Å². The Morgan fingerprint density at radius 2 is 2.20 bits per heavy atom. The monoisotopic (exact) mass is 139 g/mol. The Bertz CT molecular complexity index is 132. The molecule has 0 saturated carbocycles. The molecule has 0 amide bonds. The van der Waals surface area contributed by atoms with E-state index in [0.717, 1.165) is 6.42 Å². The second-order valence-corrected chi connectivity index (χ2v) is 2.41. The molecule has 0 saturated heterocycles. The topological polar surface area (TPSA) is 26.0 Å². The van der Waals surface area contributed by atoms with Crippen LogP contribution < -0.4 is 5.73 Å². The van der Waals surface area contributed by atoms with Crippen LogP contribution in [0, 0.1) is 0 Å². The summed E-state index contributed by atoms with van der Waals surface area (Å²) in [4.78, 5) is 0. The highest BCUT2D eigenvalue weighted by molar-refractivity contribution is 5.15. The second kappa shape index (κ2) is 5.24. The minimum atomic E-state index is 0.196. The van der Waals surface area contributed by atoms with Crippen molar-refractivity contribution in [2.45, 2.75) is 33.2 Å². The van der Waals surface area contributed by atoms with Crippen molar-refractivity contribution >= 4 is 0 Å². The van der Waals surface area contributed by atoms with Crippen molar-refractivity contribution in [3.05, 3.63) is 23.8 Å². The Morgan fingerprint density at radius 1 is 1.60 bits per heavy atom. The van der Waals surface area contributed by atoms with E-state index in [4.69, 9.17) is 5.73 Å². The highest BCUT2D eigenvalue weighted by Gasteiger charge is 1.96. The zero-order chi connectivity index (χ0) is 7.98. The Labute approximate surface area is 63.6 Å². The minimum absolute atomic E-state index is 0.196. The van der Waals surface area contributed by atoms with E-state index in [1.807, 2.05) is 26.0 Å². The van der Waals surface area contributed by atoms with Gasteiger partial charge in [-0.2, -0.15) is 0 Å². The molecule has 0 bridgehead atoms. The molecule has 0 rings (SSSR count). The molecule has 0 fully saturated rings. The third-order valence-corrected chi connectivity index (χ3v) is 1.50. The summed E-state index contributed by atoms with van der Waals surface area (Å²) >= 11 is 0. The molecule has 1 atom stereocenters. The summed E-state index contributed by atoms with van der Waals surface area (Å²) in [5, 5.41) is 0. The fraction of sp³-hybridized carbons (Fsp3) is 0.556. The van der Waals surface area contributed by atoms with E-state index in [0.29, 0.717) is 0 Å². The molecule has 0 spiro atoms. The summed E-state index contributed by atoms with van der Waals surface area (Å²) in [7, 11) is 0. The Kier molecular flexibility index (Phi) is 4.95. The predicted molar refractivity (Wildman–Crippen MR) is 46.8 cm³/mol. The first kappa shape index (κ1) is 9.44. The number of nitrogens with two attached hydrogens (primary N) is 1. The average molecular weight is 139 g/mol. The molecule has 1 heteroatoms. The Balaban J connectivity index is 4.04. The molecule has 0 aromatic carbocycles. The molecule has 1 unspecified atom stereocenters. The van der Waals surface area contributed by atoms with E-state index < -0.39 is 0 Å². The zero-order valence-electron chi connectivity index (χ0n) is 7.09. The Morgan fingerprint density at radius 3 is 2.50 bits per heavy atom. The smallest absolute Gasteiger partial charge is 0.0227 e. The van der Waals surface area contributed by atoms with Gasteiger partial charge in [-0.25, -0.2) is 0 Å². The van der Waals surface area contributed by atoms with Crippen molar-refractivity contribution < 1.29 is 0 Å². The van der Waals surface area contributed by atoms with Crippen molar-refractivity contribution in [3.63, 3.8) is 0 Å². The number of hydrogen-bond acceptors (Lipinski definition) is 1. The summed E-state index contributed by atoms with van der Waals surface area (Å²) in [6, 6.07) is 0.196. The van der Waals surface area contributed by atoms with Crippen LogP contribution in [-0.2, 0) is 0 Å². The number of hydrogen-bond donors (Lipinski definition) is 1. The molecular formula is C9H17N. The molecule has 1 nitrogen and oxygen atoms in total. The molecule has 0 aromatic heterocycles. The van der Waals surface area contributed by atoms with Crippen molar-refractivity contribution in [2.24, 2.45) is 5.73 Å². The van der Waals surface area contributed by atoms with Gasteiger partial charge >= 0.3 is 0 Å². The van der Waals surface area contributed by atoms with E-state index in [9.17, 15) is 0 Å². The van der Waals surface area contributed by atoms with Crippen LogP contribution in [0.15, 0.2) is 23.8 Å². The molecule has 0 aliphatic carbocycles. The first-order valence-electron chi connectivity index (χ1n) is 3.79. The maximum absolute atomic E-state index is 5.69. The molecule has 2 N–H and O–H groups in total. The van der Waals surface area contributed by atoms with Crippen molar-refractivity contribution in [1.82, 2.24) is 0 Å². The molecular weight excluding hydrogens is 122 g/mol. The third-order valence-electron chi connectivity index (χ3n) is 1.50. The van der Waals surface area contributed by atoms with Crippen LogP contribution in [0.25, 0.3) is 0 Å². The van der Waals surface area contributed by atoms with Gasteiger partial charge in [0, 0.05) is 6.04 Å². The van der Waals surface area contributed by atoms with Gasteiger partial charge in [0.25, 0.3) is 0 Å². The maximum atomic E-state index is 5.69. The van der Waals surface area contributed by atoms with Crippen molar-refractivity contribution in [3.8, 4) is 0 Å². The van der Waals surface area contributed by atoms with Crippen molar-refractivity contribution in [2.75, 3.05) is 0 Å². The molecule has 0 aliphatic heterocycles. The van der Waals surface area contributed by atoms with Crippen LogP contribution in [0.2, 0.25) is 0 Å². The summed E-state index contributed by atoms with van der Waals surface area (Å²) in [5.74, 6) is 0. The fourth-order valence-electron chi connectivity index (χ4n) is 0.811. The van der Waals surface area contributed by atoms with Gasteiger partial charge in [-0.15, -0.1) is 0 Å². The lowest BCUT2D eigenvalue weighted by atomic mass is 10.1. The maximum Gasteiger partial charge on any atom is 0.0227 e. The lowest BCUT2D eigenvalue weighted by molar-refractivity contribution is 0.814. The minimum Gasteiger partial charge on any atom is -0.324 e. The molecule has 0 heterocycles. The standard InChI is InChI=1S/C9H17N/c1-4-6-7-9(5-2)8(3)10/h4,6-8H,5,10H2,1-3H3/b6-4-,9-7-. The lowest BCUT2D eigenvalue weighted by Gasteiger charge is -2.06. The van der Waals surface area contributed by atoms with Gasteiger partial charge in [0.05, 0.1) is 0 Å². The summed E-state index contributed by atoms with van der Waals surface area (Å²) < 4.78 is 0. The van der Waals surface area contributed by atoms with Crippen LogP contribution >= 0.6 is 0 Å². The van der Waals surface area contributed by atoms with Gasteiger partial charge in [0.1, 0.15) is 0 Å². The lowest BCUT2D eigenvalue weighted by Crippen LogP contribution is -2.17. The Hall–Kier alpha value is -0.560. The predicted octanol–water partition coefficient (Wildman–Crippen LogP) is 2.25.